The molecule has 1 aromatic rings. The van der Waals surface area contributed by atoms with Crippen molar-refractivity contribution in [2.45, 2.75) is 6.18 Å². The molecule has 0 amide bonds. The Bertz CT molecular complexity index is 793. The van der Waals surface area contributed by atoms with Crippen LogP contribution in [0.1, 0.15) is 5.56 Å². The number of aliphatic hydroxyl groups excluding tert-OH is 1. The average molecular weight is 691 g/mol. The van der Waals surface area contributed by atoms with Crippen molar-refractivity contribution in [3.05, 3.63) is 29.8 Å². The molecule has 1 N–H and O–H groups in total. The number of halogens is 3. The predicted octanol–water partition coefficient (Wildman–Crippen LogP) is 2.26. The molecule has 1 aromatic carbocycles. The first kappa shape index (κ1) is 43.4. The number of hydrogen-bond donors (Lipinski definition) is 1. The van der Waals surface area contributed by atoms with Crippen LogP contribution in [0.15, 0.2) is 24.3 Å². The van der Waals surface area contributed by atoms with E-state index in [9.17, 15) is 13.2 Å². The number of aliphatic hydroxyl groups is 1. The predicted molar refractivity (Wildman–Crippen MR) is 163 cm³/mol. The molecule has 0 unspecified atom stereocenters. The maximum Gasteiger partial charge on any atom is 0.416 e. The molecule has 0 saturated carbocycles. The first-order valence-electron chi connectivity index (χ1n) is 15.8. The highest BCUT2D eigenvalue weighted by Crippen LogP contribution is 2.31. The lowest BCUT2D eigenvalue weighted by atomic mass is 10.2. The third-order valence-corrected chi connectivity index (χ3v) is 5.61. The standard InChI is InChI=1S/C31H53F3O13/c32-31(33,34)29-2-1-3-30(28-29)47-27-26-46-25-24-45-23-22-44-21-20-43-19-18-42-17-16-41-15-14-40-13-12-39-11-10-38-9-8-37-7-6-36-5-4-35/h1-3,28,35H,4-27H2. The summed E-state index contributed by atoms with van der Waals surface area (Å²) in [5.74, 6) is 0.146. The highest BCUT2D eigenvalue weighted by Gasteiger charge is 2.30. The van der Waals surface area contributed by atoms with Crippen LogP contribution in [-0.4, -0.2) is 164 Å². The topological polar surface area (TPSA) is 131 Å². The van der Waals surface area contributed by atoms with Crippen LogP contribution < -0.4 is 4.74 Å². The van der Waals surface area contributed by atoms with Gasteiger partial charge in [0, 0.05) is 0 Å². The van der Waals surface area contributed by atoms with Gasteiger partial charge in [-0.25, -0.2) is 0 Å². The average Bonchev–Trinajstić information content (AvgIpc) is 3.06. The SMILES string of the molecule is OCCOCCOCCOCCOCCOCCOCCOCCOCCOCCOCCOCCOc1cccc(C(F)(F)F)c1. The van der Waals surface area contributed by atoms with E-state index in [-0.39, 0.29) is 25.6 Å². The second kappa shape index (κ2) is 32.9. The van der Waals surface area contributed by atoms with Crippen molar-refractivity contribution in [2.75, 3.05) is 159 Å². The summed E-state index contributed by atoms with van der Waals surface area (Å²) < 4.78 is 103. The maximum atomic E-state index is 12.7. The first-order valence-corrected chi connectivity index (χ1v) is 15.8. The molecule has 0 aliphatic rings. The van der Waals surface area contributed by atoms with E-state index in [0.717, 1.165) is 12.1 Å². The Hall–Kier alpha value is -1.67. The van der Waals surface area contributed by atoms with Gasteiger partial charge in [-0.1, -0.05) is 6.07 Å². The highest BCUT2D eigenvalue weighted by atomic mass is 19.4. The second-order valence-electron chi connectivity index (χ2n) is 9.33. The second-order valence-corrected chi connectivity index (χ2v) is 9.33. The number of benzene rings is 1. The molecule has 0 bridgehead atoms. The third kappa shape index (κ3) is 30.1. The van der Waals surface area contributed by atoms with Gasteiger partial charge in [0.15, 0.2) is 0 Å². The van der Waals surface area contributed by atoms with Crippen LogP contribution in [0.4, 0.5) is 13.2 Å². The monoisotopic (exact) mass is 690 g/mol. The molecule has 13 nitrogen and oxygen atoms in total. The lowest BCUT2D eigenvalue weighted by Crippen LogP contribution is -2.15. The van der Waals surface area contributed by atoms with Gasteiger partial charge < -0.3 is 61.9 Å². The molecule has 0 aromatic heterocycles. The van der Waals surface area contributed by atoms with Crippen LogP contribution in [0, 0.1) is 0 Å². The molecule has 0 saturated heterocycles. The van der Waals surface area contributed by atoms with E-state index in [1.165, 1.54) is 12.1 Å². The lowest BCUT2D eigenvalue weighted by molar-refractivity contribution is -0.137. The van der Waals surface area contributed by atoms with Crippen LogP contribution in [0.25, 0.3) is 0 Å². The van der Waals surface area contributed by atoms with Crippen molar-refractivity contribution in [3.63, 3.8) is 0 Å². The van der Waals surface area contributed by atoms with Gasteiger partial charge >= 0.3 is 6.18 Å². The van der Waals surface area contributed by atoms with Crippen molar-refractivity contribution < 1.29 is 75.1 Å². The zero-order valence-electron chi connectivity index (χ0n) is 27.3. The van der Waals surface area contributed by atoms with Gasteiger partial charge in [0.2, 0.25) is 0 Å². The Morgan fingerprint density at radius 2 is 0.681 bits per heavy atom. The van der Waals surface area contributed by atoms with E-state index in [1.54, 1.807) is 0 Å². The van der Waals surface area contributed by atoms with Crippen LogP contribution in [-0.2, 0) is 58.3 Å². The van der Waals surface area contributed by atoms with Gasteiger partial charge in [-0.15, -0.1) is 0 Å². The summed E-state index contributed by atoms with van der Waals surface area (Å²) in [6.07, 6.45) is -4.40. The van der Waals surface area contributed by atoms with Gasteiger partial charge in [-0.2, -0.15) is 13.2 Å². The van der Waals surface area contributed by atoms with Crippen molar-refractivity contribution in [2.24, 2.45) is 0 Å². The van der Waals surface area contributed by atoms with Crippen molar-refractivity contribution in [3.8, 4) is 5.75 Å². The van der Waals surface area contributed by atoms with E-state index in [0.29, 0.717) is 139 Å². The Balaban J connectivity index is 1.67. The zero-order chi connectivity index (χ0) is 33.9. The molecular weight excluding hydrogens is 637 g/mol. The quantitative estimate of drug-likeness (QED) is 0.103. The largest absolute Gasteiger partial charge is 0.491 e. The Morgan fingerprint density at radius 3 is 0.957 bits per heavy atom. The minimum absolute atomic E-state index is 0.0142. The summed E-state index contributed by atoms with van der Waals surface area (Å²) >= 11 is 0. The first-order chi connectivity index (χ1) is 23.0. The molecule has 0 aliphatic heterocycles. The van der Waals surface area contributed by atoms with Gasteiger partial charge in [-0.3, -0.25) is 0 Å². The van der Waals surface area contributed by atoms with E-state index in [1.807, 2.05) is 0 Å². The molecule has 0 fully saturated rings. The van der Waals surface area contributed by atoms with Crippen LogP contribution >= 0.6 is 0 Å². The molecule has 16 heteroatoms. The number of alkyl halides is 3. The van der Waals surface area contributed by atoms with Crippen LogP contribution in [0.3, 0.4) is 0 Å². The summed E-state index contributed by atoms with van der Waals surface area (Å²) in [5.41, 5.74) is -0.751. The molecule has 0 spiro atoms. The molecular formula is C31H53F3O13. The number of hydrogen-bond acceptors (Lipinski definition) is 13. The fourth-order valence-electron chi connectivity index (χ4n) is 3.35. The highest BCUT2D eigenvalue weighted by molar-refractivity contribution is 5.30. The van der Waals surface area contributed by atoms with Crippen molar-refractivity contribution in [1.82, 2.24) is 0 Å². The van der Waals surface area contributed by atoms with E-state index >= 15 is 0 Å². The van der Waals surface area contributed by atoms with Crippen molar-refractivity contribution >= 4 is 0 Å². The van der Waals surface area contributed by atoms with E-state index in [2.05, 4.69) is 0 Å². The van der Waals surface area contributed by atoms with Crippen LogP contribution in [0.2, 0.25) is 0 Å². The number of rotatable bonds is 36. The molecule has 47 heavy (non-hydrogen) atoms. The van der Waals surface area contributed by atoms with Gasteiger partial charge in [0.1, 0.15) is 12.4 Å². The maximum absolute atomic E-state index is 12.7. The minimum Gasteiger partial charge on any atom is -0.491 e. The molecule has 0 radical (unpaired) electrons. The van der Waals surface area contributed by atoms with E-state index in [4.69, 9.17) is 61.9 Å². The Labute approximate surface area is 275 Å². The summed E-state index contributed by atoms with van der Waals surface area (Å²) in [6, 6.07) is 4.72. The Morgan fingerprint density at radius 1 is 0.404 bits per heavy atom. The zero-order valence-corrected chi connectivity index (χ0v) is 27.3. The minimum atomic E-state index is -4.40. The third-order valence-electron chi connectivity index (χ3n) is 5.61. The Kier molecular flexibility index (Phi) is 30.3. The summed E-state index contributed by atoms with van der Waals surface area (Å²) in [5, 5.41) is 8.57. The van der Waals surface area contributed by atoms with Gasteiger partial charge in [0.05, 0.1) is 158 Å². The van der Waals surface area contributed by atoms with Gasteiger partial charge in [0.25, 0.3) is 0 Å². The molecule has 276 valence electrons. The van der Waals surface area contributed by atoms with E-state index < -0.39 is 11.7 Å². The lowest BCUT2D eigenvalue weighted by Gasteiger charge is -2.10. The molecule has 0 aliphatic carbocycles. The summed E-state index contributed by atoms with van der Waals surface area (Å²) in [4.78, 5) is 0. The summed E-state index contributed by atoms with van der Waals surface area (Å²) in [6.45, 7) is 9.79. The van der Waals surface area contributed by atoms with Crippen LogP contribution in [0.5, 0.6) is 5.75 Å². The normalized spacial score (nSPS) is 11.8. The van der Waals surface area contributed by atoms with Gasteiger partial charge in [-0.05, 0) is 18.2 Å². The molecule has 1 rings (SSSR count). The fraction of sp³-hybridized carbons (Fsp3) is 0.806. The summed E-state index contributed by atoms with van der Waals surface area (Å²) in [7, 11) is 0. The molecule has 0 atom stereocenters. The molecule has 0 heterocycles. The fourth-order valence-corrected chi connectivity index (χ4v) is 3.35. The number of ether oxygens (including phenoxy) is 12. The van der Waals surface area contributed by atoms with Crippen molar-refractivity contribution in [1.29, 1.82) is 0 Å². The smallest absolute Gasteiger partial charge is 0.416 e.